The lowest BCUT2D eigenvalue weighted by Crippen LogP contribution is -2.22. The summed E-state index contributed by atoms with van der Waals surface area (Å²) in [6.07, 6.45) is -5.38. The first-order valence-corrected chi connectivity index (χ1v) is 6.71. The molecule has 0 saturated carbocycles. The lowest BCUT2D eigenvalue weighted by atomic mass is 9.95. The minimum Gasteiger partial charge on any atom is -0.386 e. The molecule has 0 aliphatic carbocycles. The molecule has 0 aliphatic heterocycles. The third-order valence-corrected chi connectivity index (χ3v) is 3.17. The highest BCUT2D eigenvalue weighted by molar-refractivity contribution is 5.26. The molecule has 0 fully saturated rings. The van der Waals surface area contributed by atoms with Crippen LogP contribution in [0.3, 0.4) is 0 Å². The van der Waals surface area contributed by atoms with Gasteiger partial charge in [0.05, 0.1) is 18.2 Å². The second-order valence-corrected chi connectivity index (χ2v) is 6.07. The van der Waals surface area contributed by atoms with Crippen molar-refractivity contribution in [2.75, 3.05) is 0 Å². The van der Waals surface area contributed by atoms with E-state index in [1.807, 2.05) is 20.8 Å². The number of hydrogen-bond acceptors (Lipinski definition) is 4. The number of aromatic nitrogens is 4. The average Bonchev–Trinajstić information content (AvgIpc) is 2.86. The fourth-order valence-corrected chi connectivity index (χ4v) is 2.03. The zero-order valence-corrected chi connectivity index (χ0v) is 12.5. The number of nitrogens with zero attached hydrogens (tertiary/aromatic N) is 4. The Morgan fingerprint density at radius 1 is 1.14 bits per heavy atom. The van der Waals surface area contributed by atoms with E-state index < -0.39 is 17.8 Å². The summed E-state index contributed by atoms with van der Waals surface area (Å²) in [4.78, 5) is 0. The second kappa shape index (κ2) is 5.68. The first kappa shape index (κ1) is 16.4. The smallest absolute Gasteiger partial charge is 0.386 e. The molecule has 1 heterocycles. The van der Waals surface area contributed by atoms with Crippen LogP contribution in [0.1, 0.15) is 43.8 Å². The maximum absolute atomic E-state index is 12.5. The number of aliphatic hydroxyl groups is 1. The van der Waals surface area contributed by atoms with Gasteiger partial charge in [-0.25, -0.2) is 4.68 Å². The van der Waals surface area contributed by atoms with Crippen LogP contribution in [-0.2, 0) is 18.1 Å². The van der Waals surface area contributed by atoms with Crippen molar-refractivity contribution in [3.63, 3.8) is 0 Å². The standard InChI is InChI=1S/C14H17F3N4O/c1-13(2,3)12-18-19-20-21(12)8-11(22)9-4-6-10(7-5-9)14(15,16)17/h4-7,11,22H,8H2,1-3H3/t11-/m1/s1. The number of hydrogen-bond donors (Lipinski definition) is 1. The first-order valence-electron chi connectivity index (χ1n) is 6.71. The molecule has 2 aromatic rings. The molecule has 22 heavy (non-hydrogen) atoms. The third kappa shape index (κ3) is 3.62. The fraction of sp³-hybridized carbons (Fsp3) is 0.500. The van der Waals surface area contributed by atoms with Gasteiger partial charge in [-0.1, -0.05) is 32.9 Å². The molecule has 1 atom stereocenters. The minimum absolute atomic E-state index is 0.0744. The lowest BCUT2D eigenvalue weighted by molar-refractivity contribution is -0.137. The van der Waals surface area contributed by atoms with Crippen molar-refractivity contribution < 1.29 is 18.3 Å². The summed E-state index contributed by atoms with van der Waals surface area (Å²) >= 11 is 0. The molecule has 0 saturated heterocycles. The summed E-state index contributed by atoms with van der Waals surface area (Å²) in [5, 5.41) is 21.5. The van der Waals surface area contributed by atoms with Crippen LogP contribution in [0.25, 0.3) is 0 Å². The zero-order chi connectivity index (χ0) is 16.5. The van der Waals surface area contributed by atoms with Crippen LogP contribution in [0.2, 0.25) is 0 Å². The van der Waals surface area contributed by atoms with Gasteiger partial charge in [0, 0.05) is 5.41 Å². The molecule has 0 spiro atoms. The van der Waals surface area contributed by atoms with Crippen LogP contribution in [0.15, 0.2) is 24.3 Å². The van der Waals surface area contributed by atoms with Gasteiger partial charge in [-0.05, 0) is 28.1 Å². The first-order chi connectivity index (χ1) is 10.1. The van der Waals surface area contributed by atoms with Crippen molar-refractivity contribution in [1.29, 1.82) is 0 Å². The SMILES string of the molecule is CC(C)(C)c1nnnn1C[C@@H](O)c1ccc(C(F)(F)F)cc1. The van der Waals surface area contributed by atoms with Gasteiger partial charge in [-0.2, -0.15) is 13.2 Å². The molecule has 1 aromatic heterocycles. The third-order valence-electron chi connectivity index (χ3n) is 3.17. The topological polar surface area (TPSA) is 63.8 Å². The highest BCUT2D eigenvalue weighted by Crippen LogP contribution is 2.30. The van der Waals surface area contributed by atoms with Crippen molar-refractivity contribution in [3.8, 4) is 0 Å². The Kier molecular flexibility index (Phi) is 4.23. The maximum Gasteiger partial charge on any atom is 0.416 e. The lowest BCUT2D eigenvalue weighted by Gasteiger charge is -2.19. The largest absolute Gasteiger partial charge is 0.416 e. The molecule has 0 amide bonds. The summed E-state index contributed by atoms with van der Waals surface area (Å²) in [6.45, 7) is 5.87. The summed E-state index contributed by atoms with van der Waals surface area (Å²) in [5.74, 6) is 0.596. The summed E-state index contributed by atoms with van der Waals surface area (Å²) in [7, 11) is 0. The number of rotatable bonds is 3. The van der Waals surface area contributed by atoms with Gasteiger partial charge in [-0.3, -0.25) is 0 Å². The van der Waals surface area contributed by atoms with Crippen LogP contribution in [-0.4, -0.2) is 25.3 Å². The van der Waals surface area contributed by atoms with Gasteiger partial charge in [0.1, 0.15) is 0 Å². The quantitative estimate of drug-likeness (QED) is 0.946. The predicted octanol–water partition coefficient (Wildman–Crippen LogP) is 2.72. The Bertz CT molecular complexity index is 629. The van der Waals surface area contributed by atoms with E-state index in [0.29, 0.717) is 11.4 Å². The monoisotopic (exact) mass is 314 g/mol. The Labute approximate surface area is 125 Å². The number of alkyl halides is 3. The van der Waals surface area contributed by atoms with Crippen molar-refractivity contribution in [2.24, 2.45) is 0 Å². The van der Waals surface area contributed by atoms with Crippen molar-refractivity contribution in [3.05, 3.63) is 41.2 Å². The number of halogens is 3. The highest BCUT2D eigenvalue weighted by atomic mass is 19.4. The van der Waals surface area contributed by atoms with E-state index in [1.54, 1.807) is 0 Å². The fourth-order valence-electron chi connectivity index (χ4n) is 2.03. The van der Waals surface area contributed by atoms with Crippen molar-refractivity contribution in [1.82, 2.24) is 20.2 Å². The van der Waals surface area contributed by atoms with Crippen LogP contribution in [0.4, 0.5) is 13.2 Å². The normalized spacial score (nSPS) is 14.1. The summed E-state index contributed by atoms with van der Waals surface area (Å²) < 4.78 is 39.0. The zero-order valence-electron chi connectivity index (χ0n) is 12.5. The second-order valence-electron chi connectivity index (χ2n) is 6.07. The van der Waals surface area contributed by atoms with Gasteiger partial charge >= 0.3 is 6.18 Å². The van der Waals surface area contributed by atoms with Gasteiger partial charge in [-0.15, -0.1) is 5.10 Å². The van der Waals surface area contributed by atoms with Crippen LogP contribution < -0.4 is 0 Å². The molecule has 120 valence electrons. The van der Waals surface area contributed by atoms with E-state index in [-0.39, 0.29) is 12.0 Å². The molecule has 1 aromatic carbocycles. The van der Waals surface area contributed by atoms with Gasteiger partial charge in [0.15, 0.2) is 5.82 Å². The van der Waals surface area contributed by atoms with E-state index in [9.17, 15) is 18.3 Å². The van der Waals surface area contributed by atoms with Crippen LogP contribution in [0.5, 0.6) is 0 Å². The number of benzene rings is 1. The van der Waals surface area contributed by atoms with Crippen LogP contribution in [0, 0.1) is 0 Å². The number of aliphatic hydroxyl groups excluding tert-OH is 1. The molecule has 2 rings (SSSR count). The molecule has 0 aliphatic rings. The van der Waals surface area contributed by atoms with E-state index in [4.69, 9.17) is 0 Å². The summed E-state index contributed by atoms with van der Waals surface area (Å²) in [6, 6.07) is 4.41. The molecule has 0 unspecified atom stereocenters. The van der Waals surface area contributed by atoms with Gasteiger partial charge in [0.2, 0.25) is 0 Å². The number of tetrazole rings is 1. The van der Waals surface area contributed by atoms with E-state index in [2.05, 4.69) is 15.5 Å². The van der Waals surface area contributed by atoms with Crippen molar-refractivity contribution in [2.45, 2.75) is 45.0 Å². The Morgan fingerprint density at radius 3 is 2.23 bits per heavy atom. The molecule has 5 nitrogen and oxygen atoms in total. The maximum atomic E-state index is 12.5. The minimum atomic E-state index is -4.39. The van der Waals surface area contributed by atoms with E-state index in [0.717, 1.165) is 12.1 Å². The molecule has 0 bridgehead atoms. The highest BCUT2D eigenvalue weighted by Gasteiger charge is 2.30. The summed E-state index contributed by atoms with van der Waals surface area (Å²) in [5.41, 5.74) is -0.673. The van der Waals surface area contributed by atoms with Crippen molar-refractivity contribution >= 4 is 0 Å². The molecular formula is C14H17F3N4O. The molecular weight excluding hydrogens is 297 g/mol. The molecule has 8 heteroatoms. The van der Waals surface area contributed by atoms with Gasteiger partial charge in [0.25, 0.3) is 0 Å². The Morgan fingerprint density at radius 2 is 1.73 bits per heavy atom. The average molecular weight is 314 g/mol. The molecule has 0 radical (unpaired) electrons. The van der Waals surface area contributed by atoms with Crippen LogP contribution >= 0.6 is 0 Å². The molecule has 1 N–H and O–H groups in total. The van der Waals surface area contributed by atoms with E-state index >= 15 is 0 Å². The Balaban J connectivity index is 2.16. The Hall–Kier alpha value is -1.96. The predicted molar refractivity (Wildman–Crippen MR) is 72.9 cm³/mol. The van der Waals surface area contributed by atoms with Gasteiger partial charge < -0.3 is 5.11 Å². The van der Waals surface area contributed by atoms with E-state index in [1.165, 1.54) is 16.8 Å².